The van der Waals surface area contributed by atoms with Crippen molar-refractivity contribution >= 4 is 5.91 Å². The van der Waals surface area contributed by atoms with Crippen LogP contribution in [-0.2, 0) is 33.2 Å². The zero-order valence-electron chi connectivity index (χ0n) is 57.6. The van der Waals surface area contributed by atoms with Crippen LogP contribution in [0.25, 0.3) is 0 Å². The lowest BCUT2D eigenvalue weighted by molar-refractivity contribution is -0.379. The summed E-state index contributed by atoms with van der Waals surface area (Å²) in [5.41, 5.74) is 0. The second-order valence-corrected chi connectivity index (χ2v) is 25.3. The number of allylic oxidation sites excluding steroid dienone is 19. The number of aliphatic hydroxyl groups excluding tert-OH is 11. The minimum atomic E-state index is -1.99. The molecule has 12 N–H and O–H groups in total. The first-order valence-corrected chi connectivity index (χ1v) is 36.3. The third kappa shape index (κ3) is 37.3. The standard InChI is InChI=1S/C76H127NO18/c1-3-5-7-9-11-13-15-17-19-21-22-23-24-25-26-27-28-29-30-31-32-33-34-35-36-38-40-42-44-46-48-50-52-54-64(82)77-59(60(81)53-51-49-47-45-43-41-39-37-20-18-16-14-12-10-8-6-4-2)58-90-74-70(88)67(85)72(62(56-79)92-74)95-76-71(89)68(86)73(63(57-80)93-76)94-75-69(87)66(84)65(83)61(55-78)91-75/h5,7,11,13,17,19,22-23,25-26,28-29,31-32,34-35,38,40,51,53,59-63,65-76,78-81,83-89H,3-4,6,8-10,12,14-16,18,20-21,24,27,30,33,36-37,39,41-50,52,54-58H2,1-2H3,(H,77,82)/b7-5-,13-11-,19-17-,23-22-,26-25-,29-28-,32-31-,35-34-,40-38-,53-51+. The lowest BCUT2D eigenvalue weighted by Gasteiger charge is -2.48. The number of carbonyl (C=O) groups excluding carboxylic acids is 1. The first-order valence-electron chi connectivity index (χ1n) is 36.3. The molecule has 0 aromatic rings. The minimum Gasteiger partial charge on any atom is -0.394 e. The van der Waals surface area contributed by atoms with Crippen molar-refractivity contribution in [3.05, 3.63) is 122 Å². The van der Waals surface area contributed by atoms with Gasteiger partial charge >= 0.3 is 0 Å². The summed E-state index contributed by atoms with van der Waals surface area (Å²) in [5.74, 6) is -0.299. The SMILES string of the molecule is CC/C=C\C/C=C\C/C=C\C/C=C\C/C=C\C/C=C\C/C=C\C/C=C\C/C=C\CCCCCCCC(=O)NC(COC1OC(CO)C(OC2OC(CO)C(OC3OC(CO)C(O)C(O)C3O)C(O)C2O)C(O)C1O)C(O)/C=C/CCCCCCCCCCCCCCCCC. The lowest BCUT2D eigenvalue weighted by Crippen LogP contribution is -2.66. The van der Waals surface area contributed by atoms with Crippen molar-refractivity contribution < 1.29 is 89.4 Å². The van der Waals surface area contributed by atoms with E-state index in [2.05, 4.69) is 129 Å². The molecule has 0 aromatic carbocycles. The molecule has 3 fully saturated rings. The van der Waals surface area contributed by atoms with Crippen molar-refractivity contribution in [1.29, 1.82) is 0 Å². The van der Waals surface area contributed by atoms with Crippen LogP contribution in [0, 0.1) is 0 Å². The topological polar surface area (TPSA) is 307 Å². The van der Waals surface area contributed by atoms with E-state index in [0.29, 0.717) is 6.42 Å². The molecule has 19 heteroatoms. The molecule has 0 aromatic heterocycles. The van der Waals surface area contributed by atoms with E-state index in [1.165, 1.54) is 77.0 Å². The fraction of sp³-hybridized carbons (Fsp3) is 0.724. The molecule has 0 aliphatic carbocycles. The van der Waals surface area contributed by atoms with Crippen molar-refractivity contribution in [1.82, 2.24) is 5.32 Å². The monoisotopic (exact) mass is 1340 g/mol. The summed E-state index contributed by atoms with van der Waals surface area (Å²) in [6.07, 6.45) is 50.2. The summed E-state index contributed by atoms with van der Waals surface area (Å²) >= 11 is 0. The summed E-state index contributed by atoms with van der Waals surface area (Å²) < 4.78 is 34.3. The number of unbranched alkanes of at least 4 members (excludes halogenated alkanes) is 20. The summed E-state index contributed by atoms with van der Waals surface area (Å²) in [7, 11) is 0. The number of hydrogen-bond acceptors (Lipinski definition) is 18. The van der Waals surface area contributed by atoms with Gasteiger partial charge in [-0.25, -0.2) is 0 Å². The molecular weight excluding hydrogens is 1210 g/mol. The van der Waals surface area contributed by atoms with Crippen molar-refractivity contribution in [3.63, 3.8) is 0 Å². The smallest absolute Gasteiger partial charge is 0.220 e. The first-order chi connectivity index (χ1) is 46.3. The molecule has 0 spiro atoms. The number of aliphatic hydroxyl groups is 11. The maximum absolute atomic E-state index is 13.4. The highest BCUT2D eigenvalue weighted by Gasteiger charge is 2.53. The van der Waals surface area contributed by atoms with Gasteiger partial charge in [0.05, 0.1) is 38.6 Å². The third-order valence-corrected chi connectivity index (χ3v) is 17.3. The molecule has 3 aliphatic rings. The minimum absolute atomic E-state index is 0.213. The molecule has 1 amide bonds. The van der Waals surface area contributed by atoms with Gasteiger partial charge in [-0.05, 0) is 89.9 Å². The number of hydrogen-bond donors (Lipinski definition) is 12. The fourth-order valence-electron chi connectivity index (χ4n) is 11.4. The number of ether oxygens (including phenoxy) is 6. The van der Waals surface area contributed by atoms with Gasteiger partial charge in [-0.1, -0.05) is 245 Å². The summed E-state index contributed by atoms with van der Waals surface area (Å²) in [6.45, 7) is 1.59. The highest BCUT2D eigenvalue weighted by Crippen LogP contribution is 2.33. The predicted molar refractivity (Wildman–Crippen MR) is 373 cm³/mol. The zero-order chi connectivity index (χ0) is 68.9. The molecule has 17 unspecified atom stereocenters. The maximum Gasteiger partial charge on any atom is 0.220 e. The average molecular weight is 1340 g/mol. The number of rotatable bonds is 54. The van der Waals surface area contributed by atoms with Crippen LogP contribution in [-0.4, -0.2) is 193 Å². The summed E-state index contributed by atoms with van der Waals surface area (Å²) in [4.78, 5) is 13.4. The van der Waals surface area contributed by atoms with E-state index in [0.717, 1.165) is 116 Å². The maximum atomic E-state index is 13.4. The normalized spacial score (nSPS) is 27.9. The van der Waals surface area contributed by atoms with Crippen LogP contribution in [0.3, 0.4) is 0 Å². The molecular formula is C76H127NO18. The summed E-state index contributed by atoms with van der Waals surface area (Å²) in [6, 6.07) is -0.993. The molecule has 17 atom stereocenters. The number of amides is 1. The van der Waals surface area contributed by atoms with Crippen LogP contribution in [0.1, 0.15) is 219 Å². The van der Waals surface area contributed by atoms with Gasteiger partial charge in [-0.15, -0.1) is 0 Å². The fourth-order valence-corrected chi connectivity index (χ4v) is 11.4. The van der Waals surface area contributed by atoms with Crippen molar-refractivity contribution in [3.8, 4) is 0 Å². The van der Waals surface area contributed by atoms with E-state index in [-0.39, 0.29) is 18.9 Å². The molecule has 0 saturated carbocycles. The third-order valence-electron chi connectivity index (χ3n) is 17.3. The second-order valence-electron chi connectivity index (χ2n) is 25.3. The molecule has 3 aliphatic heterocycles. The Kier molecular flexibility index (Phi) is 50.3. The van der Waals surface area contributed by atoms with E-state index in [1.807, 2.05) is 6.08 Å². The van der Waals surface area contributed by atoms with Gasteiger partial charge in [0.25, 0.3) is 0 Å². The Labute approximate surface area is 569 Å². The molecule has 3 rings (SSSR count). The quantitative estimate of drug-likeness (QED) is 0.0199. The highest BCUT2D eigenvalue weighted by atomic mass is 16.8. The Hall–Kier alpha value is -3.81. The molecule has 3 heterocycles. The number of carbonyl (C=O) groups is 1. The molecule has 19 nitrogen and oxygen atoms in total. The van der Waals surface area contributed by atoms with Gasteiger partial charge < -0.3 is 89.9 Å². The highest BCUT2D eigenvalue weighted by molar-refractivity contribution is 5.76. The van der Waals surface area contributed by atoms with E-state index >= 15 is 0 Å². The van der Waals surface area contributed by atoms with E-state index < -0.39 is 124 Å². The van der Waals surface area contributed by atoms with Crippen molar-refractivity contribution in [2.75, 3.05) is 26.4 Å². The molecule has 95 heavy (non-hydrogen) atoms. The van der Waals surface area contributed by atoms with E-state index in [1.54, 1.807) is 6.08 Å². The van der Waals surface area contributed by atoms with Gasteiger partial charge in [-0.2, -0.15) is 0 Å². The zero-order valence-corrected chi connectivity index (χ0v) is 57.6. The van der Waals surface area contributed by atoms with Crippen molar-refractivity contribution in [2.45, 2.75) is 324 Å². The Morgan fingerprint density at radius 1 is 0.389 bits per heavy atom. The second kappa shape index (κ2) is 56.0. The van der Waals surface area contributed by atoms with Gasteiger partial charge in [0, 0.05) is 6.42 Å². The van der Waals surface area contributed by atoms with Gasteiger partial charge in [0.15, 0.2) is 18.9 Å². The van der Waals surface area contributed by atoms with Gasteiger partial charge in [0.2, 0.25) is 5.91 Å². The molecule has 0 bridgehead atoms. The Bertz CT molecular complexity index is 2190. The van der Waals surface area contributed by atoms with Crippen LogP contribution >= 0.6 is 0 Å². The van der Waals surface area contributed by atoms with E-state index in [9.17, 15) is 61.0 Å². The summed E-state index contributed by atoms with van der Waals surface area (Å²) in [5, 5.41) is 121. The van der Waals surface area contributed by atoms with E-state index in [4.69, 9.17) is 28.4 Å². The Balaban J connectivity index is 1.41. The van der Waals surface area contributed by atoms with Crippen LogP contribution in [0.15, 0.2) is 122 Å². The van der Waals surface area contributed by atoms with Crippen LogP contribution in [0.2, 0.25) is 0 Å². The van der Waals surface area contributed by atoms with Crippen LogP contribution < -0.4 is 5.32 Å². The predicted octanol–water partition coefficient (Wildman–Crippen LogP) is 10.4. The largest absolute Gasteiger partial charge is 0.394 e. The number of nitrogens with one attached hydrogen (secondary N) is 1. The van der Waals surface area contributed by atoms with Crippen molar-refractivity contribution in [2.24, 2.45) is 0 Å². The van der Waals surface area contributed by atoms with Crippen LogP contribution in [0.5, 0.6) is 0 Å². The molecule has 0 radical (unpaired) electrons. The van der Waals surface area contributed by atoms with Crippen LogP contribution in [0.4, 0.5) is 0 Å². The van der Waals surface area contributed by atoms with Gasteiger partial charge in [0.1, 0.15) is 73.2 Å². The van der Waals surface area contributed by atoms with Gasteiger partial charge in [-0.3, -0.25) is 4.79 Å². The molecule has 544 valence electrons. The first kappa shape index (κ1) is 85.4. The Morgan fingerprint density at radius 3 is 1.14 bits per heavy atom. The average Bonchev–Trinajstić information content (AvgIpc) is 0.786. The molecule has 3 saturated heterocycles. The lowest BCUT2D eigenvalue weighted by atomic mass is 9.96. The Morgan fingerprint density at radius 2 is 0.726 bits per heavy atom.